The van der Waals surface area contributed by atoms with E-state index in [1.807, 2.05) is 0 Å². The lowest BCUT2D eigenvalue weighted by Crippen LogP contribution is -2.56. The Labute approximate surface area is 131 Å². The van der Waals surface area contributed by atoms with Gasteiger partial charge >= 0.3 is 20.1 Å². The van der Waals surface area contributed by atoms with Crippen LogP contribution >= 0.6 is 7.75 Å². The highest BCUT2D eigenvalue weighted by atomic mass is 31.2. The van der Waals surface area contributed by atoms with Crippen molar-refractivity contribution in [2.75, 3.05) is 0 Å². The molecule has 23 heavy (non-hydrogen) atoms. The van der Waals surface area contributed by atoms with Crippen LogP contribution in [0.1, 0.15) is 53.4 Å². The van der Waals surface area contributed by atoms with E-state index in [2.05, 4.69) is 0 Å². The molecule has 0 bridgehead atoms. The highest BCUT2D eigenvalue weighted by molar-refractivity contribution is 7.49. The molecule has 0 heterocycles. The summed E-state index contributed by atoms with van der Waals surface area (Å²) in [5, 5.41) is 0. The summed E-state index contributed by atoms with van der Waals surface area (Å²) in [6.45, 7) is 4.87. The molecule has 1 atom stereocenters. The van der Waals surface area contributed by atoms with Gasteiger partial charge in [0.15, 0.2) is 0 Å². The lowest BCUT2D eigenvalue weighted by atomic mass is 9.86. The van der Waals surface area contributed by atoms with E-state index >= 15 is 0 Å². The molecule has 0 aromatic heterocycles. The van der Waals surface area contributed by atoms with Gasteiger partial charge in [-0.3, -0.25) is 0 Å². The van der Waals surface area contributed by atoms with E-state index < -0.39 is 50.4 Å². The van der Waals surface area contributed by atoms with Crippen LogP contribution in [0.3, 0.4) is 0 Å². The first-order valence-electron chi connectivity index (χ1n) is 6.84. The molecule has 0 rings (SSSR count). The molecule has 0 radical (unpaired) electrons. The Kier molecular flexibility index (Phi) is 6.80. The molecule has 140 valence electrons. The Morgan fingerprint density at radius 2 is 1.35 bits per heavy atom. The highest BCUT2D eigenvalue weighted by Crippen LogP contribution is 2.55. The van der Waals surface area contributed by atoms with Gasteiger partial charge < -0.3 is 9.79 Å². The molecule has 0 amide bonds. The van der Waals surface area contributed by atoms with Crippen LogP contribution in [0.15, 0.2) is 0 Å². The molecule has 0 aliphatic heterocycles. The Balaban J connectivity index is 5.99. The van der Waals surface area contributed by atoms with Crippen molar-refractivity contribution in [2.24, 2.45) is 0 Å². The summed E-state index contributed by atoms with van der Waals surface area (Å²) in [5.41, 5.74) is -3.82. The lowest BCUT2D eigenvalue weighted by Gasteiger charge is -2.49. The van der Waals surface area contributed by atoms with Crippen LogP contribution in [0.25, 0.3) is 0 Å². The average Bonchev–Trinajstić information content (AvgIpc) is 2.20. The minimum atomic E-state index is -5.24. The van der Waals surface area contributed by atoms with Crippen molar-refractivity contribution in [1.82, 2.24) is 4.67 Å². The van der Waals surface area contributed by atoms with E-state index in [-0.39, 0.29) is 11.1 Å². The van der Waals surface area contributed by atoms with Crippen LogP contribution in [-0.4, -0.2) is 37.9 Å². The van der Waals surface area contributed by atoms with Crippen LogP contribution in [0.5, 0.6) is 0 Å². The zero-order valence-electron chi connectivity index (χ0n) is 13.3. The number of halogens is 6. The average molecular weight is 373 g/mol. The Hall–Kier alpha value is -0.310. The van der Waals surface area contributed by atoms with Crippen molar-refractivity contribution in [3.05, 3.63) is 0 Å². The first kappa shape index (κ1) is 22.7. The van der Waals surface area contributed by atoms with Crippen LogP contribution in [0.4, 0.5) is 26.3 Å². The largest absolute Gasteiger partial charge is 0.403 e. The van der Waals surface area contributed by atoms with Gasteiger partial charge in [0.1, 0.15) is 0 Å². The number of alkyl halides is 6. The normalized spacial score (nSPS) is 17.4. The van der Waals surface area contributed by atoms with Gasteiger partial charge in [0.2, 0.25) is 0 Å². The maximum absolute atomic E-state index is 12.9. The Bertz CT molecular complexity index is 445. The van der Waals surface area contributed by atoms with Crippen molar-refractivity contribution < 1.29 is 40.7 Å². The molecule has 0 aliphatic rings. The predicted molar refractivity (Wildman–Crippen MR) is 72.6 cm³/mol. The second-order valence-corrected chi connectivity index (χ2v) is 7.82. The molecule has 0 saturated carbocycles. The van der Waals surface area contributed by atoms with E-state index in [1.54, 1.807) is 0 Å². The Morgan fingerprint density at radius 1 is 0.913 bits per heavy atom. The maximum Gasteiger partial charge on any atom is 0.403 e. The third kappa shape index (κ3) is 7.41. The van der Waals surface area contributed by atoms with Gasteiger partial charge in [-0.15, -0.1) is 0 Å². The number of hydrogen-bond donors (Lipinski definition) is 2. The maximum atomic E-state index is 12.9. The molecular formula is C12H22F6NO3P. The predicted octanol–water partition coefficient (Wildman–Crippen LogP) is 4.62. The fraction of sp³-hybridized carbons (Fsp3) is 1.00. The summed E-state index contributed by atoms with van der Waals surface area (Å²) in [5.74, 6) is 0. The minimum Gasteiger partial charge on any atom is -0.312 e. The van der Waals surface area contributed by atoms with Gasteiger partial charge in [-0.05, 0) is 33.6 Å². The third-order valence-corrected chi connectivity index (χ3v) is 5.28. The fourth-order valence-electron chi connectivity index (χ4n) is 2.66. The van der Waals surface area contributed by atoms with E-state index in [0.717, 1.165) is 6.92 Å². The molecule has 0 saturated heterocycles. The van der Waals surface area contributed by atoms with E-state index in [9.17, 15) is 40.7 Å². The Morgan fingerprint density at radius 3 is 1.61 bits per heavy atom. The first-order chi connectivity index (χ1) is 9.84. The van der Waals surface area contributed by atoms with Crippen molar-refractivity contribution >= 4 is 7.75 Å². The van der Waals surface area contributed by atoms with Gasteiger partial charge in [0.25, 0.3) is 0 Å². The number of rotatable bonds is 7. The highest BCUT2D eigenvalue weighted by Gasteiger charge is 2.54. The van der Waals surface area contributed by atoms with Crippen LogP contribution in [0.2, 0.25) is 0 Å². The molecule has 0 spiro atoms. The summed E-state index contributed by atoms with van der Waals surface area (Å²) < 4.78 is 88.0. The van der Waals surface area contributed by atoms with Gasteiger partial charge in [-0.1, -0.05) is 6.92 Å². The molecule has 0 aromatic rings. The standard InChI is InChI=1S/C12H22F6NO3P/c1-5-9(2,3)19(23(20,21)22)10(4,8-12(16,17)18)6-7-11(13,14)15/h5-8H2,1-4H3,(H2,20,21,22). The molecule has 1 unspecified atom stereocenters. The van der Waals surface area contributed by atoms with Gasteiger partial charge in [0, 0.05) is 17.5 Å². The van der Waals surface area contributed by atoms with E-state index in [1.165, 1.54) is 20.8 Å². The topological polar surface area (TPSA) is 60.8 Å². The van der Waals surface area contributed by atoms with E-state index in [0.29, 0.717) is 0 Å². The summed E-state index contributed by atoms with van der Waals surface area (Å²) in [7, 11) is -5.24. The van der Waals surface area contributed by atoms with E-state index in [4.69, 9.17) is 0 Å². The van der Waals surface area contributed by atoms with Crippen LogP contribution in [-0.2, 0) is 4.57 Å². The molecular weight excluding hydrogens is 351 g/mol. The van der Waals surface area contributed by atoms with Crippen LogP contribution < -0.4 is 0 Å². The summed E-state index contributed by atoms with van der Waals surface area (Å²) >= 11 is 0. The summed E-state index contributed by atoms with van der Waals surface area (Å²) in [4.78, 5) is 19.0. The smallest absolute Gasteiger partial charge is 0.312 e. The SMILES string of the molecule is CCC(C)(C)N(C(C)(CCC(F)(F)F)CC(F)(F)F)P(=O)(O)O. The van der Waals surface area contributed by atoms with Crippen molar-refractivity contribution in [2.45, 2.75) is 76.8 Å². The summed E-state index contributed by atoms with van der Waals surface area (Å²) in [6, 6.07) is 0. The van der Waals surface area contributed by atoms with Crippen molar-refractivity contribution in [1.29, 1.82) is 0 Å². The second-order valence-electron chi connectivity index (χ2n) is 6.40. The van der Waals surface area contributed by atoms with Gasteiger partial charge in [-0.25, -0.2) is 4.57 Å². The molecule has 11 heteroatoms. The number of nitrogens with zero attached hydrogens (tertiary/aromatic N) is 1. The quantitative estimate of drug-likeness (QED) is 0.505. The summed E-state index contributed by atoms with van der Waals surface area (Å²) in [6.07, 6.45) is -14.0. The minimum absolute atomic E-state index is 0.0393. The van der Waals surface area contributed by atoms with Gasteiger partial charge in [0.05, 0.1) is 6.42 Å². The molecule has 0 aromatic carbocycles. The third-order valence-electron chi connectivity index (χ3n) is 3.74. The monoisotopic (exact) mass is 373 g/mol. The van der Waals surface area contributed by atoms with Gasteiger partial charge in [-0.2, -0.15) is 31.0 Å². The zero-order valence-corrected chi connectivity index (χ0v) is 14.2. The molecule has 0 fully saturated rings. The molecule has 2 N–H and O–H groups in total. The van der Waals surface area contributed by atoms with Crippen LogP contribution in [0, 0.1) is 0 Å². The first-order valence-corrected chi connectivity index (χ1v) is 8.40. The molecule has 4 nitrogen and oxygen atoms in total. The zero-order chi connectivity index (χ0) is 18.9. The second kappa shape index (κ2) is 6.90. The lowest BCUT2D eigenvalue weighted by molar-refractivity contribution is -0.174. The van der Waals surface area contributed by atoms with Crippen molar-refractivity contribution in [3.63, 3.8) is 0 Å². The molecule has 0 aliphatic carbocycles. The number of hydrogen-bond acceptors (Lipinski definition) is 1. The van der Waals surface area contributed by atoms with Crippen molar-refractivity contribution in [3.8, 4) is 0 Å². The fourth-order valence-corrected chi connectivity index (χ4v) is 4.31.